The maximum Gasteiger partial charge on any atom is 0.221 e. The molecule has 4 aromatic rings. The van der Waals surface area contributed by atoms with Crippen molar-refractivity contribution in [3.8, 4) is 0 Å². The Morgan fingerprint density at radius 2 is 2.14 bits per heavy atom. The van der Waals surface area contributed by atoms with Gasteiger partial charge < -0.3 is 20.8 Å². The molecule has 142 valence electrons. The van der Waals surface area contributed by atoms with Gasteiger partial charge in [-0.1, -0.05) is 17.7 Å². The molecule has 0 saturated carbocycles. The second-order valence-corrected chi connectivity index (χ2v) is 7.06. The Labute approximate surface area is 164 Å². The fourth-order valence-corrected chi connectivity index (χ4v) is 3.44. The smallest absolute Gasteiger partial charge is 0.221 e. The van der Waals surface area contributed by atoms with Crippen LogP contribution in [0.3, 0.4) is 0 Å². The summed E-state index contributed by atoms with van der Waals surface area (Å²) in [5, 5.41) is 11.2. The van der Waals surface area contributed by atoms with E-state index in [1.54, 1.807) is 12.5 Å². The van der Waals surface area contributed by atoms with E-state index in [4.69, 9.17) is 22.1 Å². The second-order valence-electron chi connectivity index (χ2n) is 6.68. The van der Waals surface area contributed by atoms with Crippen molar-refractivity contribution in [3.05, 3.63) is 52.6 Å². The fourth-order valence-electron chi connectivity index (χ4n) is 3.16. The number of rotatable bonds is 5. The first-order chi connectivity index (χ1) is 13.7. The van der Waals surface area contributed by atoms with Crippen LogP contribution in [0.15, 0.2) is 30.7 Å². The molecule has 10 heteroatoms. The number of benzene rings is 1. The summed E-state index contributed by atoms with van der Waals surface area (Å²) in [6.07, 6.45) is 3.85. The minimum Gasteiger partial charge on any atom is -0.380 e. The summed E-state index contributed by atoms with van der Waals surface area (Å²) in [4.78, 5) is 15.8. The van der Waals surface area contributed by atoms with Crippen LogP contribution in [-0.4, -0.2) is 43.3 Å². The van der Waals surface area contributed by atoms with Gasteiger partial charge in [0.05, 0.1) is 30.1 Å². The number of imidazole rings is 1. The second kappa shape index (κ2) is 6.77. The number of aromatic amines is 2. The van der Waals surface area contributed by atoms with Crippen molar-refractivity contribution in [2.24, 2.45) is 0 Å². The average molecular weight is 397 g/mol. The highest BCUT2D eigenvalue weighted by Crippen LogP contribution is 2.30. The van der Waals surface area contributed by atoms with Gasteiger partial charge in [0, 0.05) is 35.9 Å². The molecule has 5 rings (SSSR count). The molecule has 0 radical (unpaired) electrons. The molecular weight excluding hydrogens is 380 g/mol. The zero-order chi connectivity index (χ0) is 19.1. The van der Waals surface area contributed by atoms with Crippen molar-refractivity contribution in [2.75, 3.05) is 24.3 Å². The van der Waals surface area contributed by atoms with E-state index in [1.165, 1.54) is 0 Å². The van der Waals surface area contributed by atoms with Crippen molar-refractivity contribution < 1.29 is 4.74 Å². The van der Waals surface area contributed by atoms with Gasteiger partial charge in [0.15, 0.2) is 5.82 Å². The van der Waals surface area contributed by atoms with Gasteiger partial charge in [0.1, 0.15) is 11.3 Å². The van der Waals surface area contributed by atoms with Crippen LogP contribution in [0.4, 0.5) is 17.6 Å². The Hall–Kier alpha value is -3.17. The molecule has 0 atom stereocenters. The molecule has 4 heterocycles. The standard InChI is InChI=1S/C18H17ClN8O/c19-15-9(1-2-12-16(15)23-8-22-12)3-10-5-21-18(20)25-17(10)24-14-4-13(26-27-14)11-6-28-7-11/h1-2,4-5,8,11H,3,6-7H2,(H,22,23)(H4,20,21,24,25,26,27). The van der Waals surface area contributed by atoms with Crippen molar-refractivity contribution in [1.29, 1.82) is 0 Å². The lowest BCUT2D eigenvalue weighted by Crippen LogP contribution is -2.25. The monoisotopic (exact) mass is 396 g/mol. The summed E-state index contributed by atoms with van der Waals surface area (Å²) in [6, 6.07) is 5.87. The normalized spacial score (nSPS) is 14.3. The third kappa shape index (κ3) is 3.04. The molecule has 0 amide bonds. The van der Waals surface area contributed by atoms with Gasteiger partial charge in [-0.25, -0.2) is 9.97 Å². The predicted molar refractivity (Wildman–Crippen MR) is 106 cm³/mol. The van der Waals surface area contributed by atoms with Crippen LogP contribution < -0.4 is 11.1 Å². The number of H-pyrrole nitrogens is 2. The predicted octanol–water partition coefficient (Wildman–Crippen LogP) is 2.76. The molecule has 0 spiro atoms. The lowest BCUT2D eigenvalue weighted by molar-refractivity contribution is 0.00670. The maximum absolute atomic E-state index is 6.54. The molecule has 1 aliphatic rings. The van der Waals surface area contributed by atoms with Crippen molar-refractivity contribution in [1.82, 2.24) is 30.1 Å². The fraction of sp³-hybridized carbons (Fsp3) is 0.222. The summed E-state index contributed by atoms with van der Waals surface area (Å²) < 4.78 is 5.23. The van der Waals surface area contributed by atoms with E-state index in [0.29, 0.717) is 42.2 Å². The van der Waals surface area contributed by atoms with E-state index in [9.17, 15) is 0 Å². The summed E-state index contributed by atoms with van der Waals surface area (Å²) in [5.74, 6) is 1.80. The van der Waals surface area contributed by atoms with E-state index < -0.39 is 0 Å². The molecule has 28 heavy (non-hydrogen) atoms. The van der Waals surface area contributed by atoms with Crippen molar-refractivity contribution in [2.45, 2.75) is 12.3 Å². The number of anilines is 3. The third-order valence-corrected chi connectivity index (χ3v) is 5.22. The van der Waals surface area contributed by atoms with Gasteiger partial charge in [-0.2, -0.15) is 10.1 Å². The summed E-state index contributed by atoms with van der Waals surface area (Å²) in [7, 11) is 0. The van der Waals surface area contributed by atoms with Crippen molar-refractivity contribution >= 4 is 40.2 Å². The van der Waals surface area contributed by atoms with Gasteiger partial charge in [-0.3, -0.25) is 5.10 Å². The largest absolute Gasteiger partial charge is 0.380 e. The Morgan fingerprint density at radius 1 is 1.25 bits per heavy atom. The molecule has 0 bridgehead atoms. The average Bonchev–Trinajstić information content (AvgIpc) is 3.28. The highest BCUT2D eigenvalue weighted by atomic mass is 35.5. The summed E-state index contributed by atoms with van der Waals surface area (Å²) >= 11 is 6.54. The number of hydrogen-bond acceptors (Lipinski definition) is 7. The molecule has 0 aliphatic carbocycles. The molecular formula is C18H17ClN8O. The van der Waals surface area contributed by atoms with Gasteiger partial charge >= 0.3 is 0 Å². The topological polar surface area (TPSA) is 130 Å². The molecule has 5 N–H and O–H groups in total. The van der Waals surface area contributed by atoms with E-state index in [1.807, 2.05) is 18.2 Å². The number of fused-ring (bicyclic) bond motifs is 1. The first kappa shape index (κ1) is 17.0. The lowest BCUT2D eigenvalue weighted by Gasteiger charge is -2.24. The number of nitrogens with two attached hydrogens (primary N) is 1. The zero-order valence-electron chi connectivity index (χ0n) is 14.7. The van der Waals surface area contributed by atoms with E-state index in [0.717, 1.165) is 27.9 Å². The van der Waals surface area contributed by atoms with E-state index >= 15 is 0 Å². The molecule has 0 unspecified atom stereocenters. The van der Waals surface area contributed by atoms with Gasteiger partial charge in [-0.15, -0.1) is 0 Å². The first-order valence-corrected chi connectivity index (χ1v) is 9.17. The Bertz CT molecular complexity index is 1150. The highest BCUT2D eigenvalue weighted by molar-refractivity contribution is 6.35. The Balaban J connectivity index is 1.44. The molecule has 3 aromatic heterocycles. The number of aromatic nitrogens is 6. The molecule has 1 aromatic carbocycles. The van der Waals surface area contributed by atoms with E-state index in [-0.39, 0.29) is 5.95 Å². The van der Waals surface area contributed by atoms with Gasteiger partial charge in [-0.05, 0) is 11.6 Å². The Kier molecular flexibility index (Phi) is 4.10. The number of nitrogen functional groups attached to an aromatic ring is 1. The number of nitrogens with zero attached hydrogens (tertiary/aromatic N) is 4. The van der Waals surface area contributed by atoms with Crippen LogP contribution >= 0.6 is 11.6 Å². The van der Waals surface area contributed by atoms with Crippen LogP contribution in [0.5, 0.6) is 0 Å². The van der Waals surface area contributed by atoms with Crippen LogP contribution in [-0.2, 0) is 11.2 Å². The van der Waals surface area contributed by atoms with Crippen LogP contribution in [0.25, 0.3) is 11.0 Å². The molecule has 1 saturated heterocycles. The maximum atomic E-state index is 6.54. The van der Waals surface area contributed by atoms with Gasteiger partial charge in [0.25, 0.3) is 0 Å². The molecule has 1 aliphatic heterocycles. The lowest BCUT2D eigenvalue weighted by atomic mass is 10.0. The van der Waals surface area contributed by atoms with Crippen LogP contribution in [0, 0.1) is 0 Å². The minimum atomic E-state index is 0.184. The van der Waals surface area contributed by atoms with Crippen LogP contribution in [0.1, 0.15) is 22.7 Å². The number of halogens is 1. The Morgan fingerprint density at radius 3 is 2.96 bits per heavy atom. The number of hydrogen-bond donors (Lipinski definition) is 4. The van der Waals surface area contributed by atoms with Gasteiger partial charge in [0.2, 0.25) is 5.95 Å². The highest BCUT2D eigenvalue weighted by Gasteiger charge is 2.23. The zero-order valence-corrected chi connectivity index (χ0v) is 15.5. The number of ether oxygens (including phenoxy) is 1. The molecule has 9 nitrogen and oxygen atoms in total. The first-order valence-electron chi connectivity index (χ1n) is 8.79. The van der Waals surface area contributed by atoms with E-state index in [2.05, 4.69) is 35.5 Å². The van der Waals surface area contributed by atoms with Crippen molar-refractivity contribution in [3.63, 3.8) is 0 Å². The quantitative estimate of drug-likeness (QED) is 0.408. The molecule has 1 fully saturated rings. The minimum absolute atomic E-state index is 0.184. The third-order valence-electron chi connectivity index (χ3n) is 4.80. The van der Waals surface area contributed by atoms with Crippen LogP contribution in [0.2, 0.25) is 5.02 Å². The SMILES string of the molecule is Nc1ncc(Cc2ccc3[nH]cnc3c2Cl)c(Nc2cc(C3COC3)[nH]n2)n1. The number of nitrogens with one attached hydrogen (secondary N) is 3. The summed E-state index contributed by atoms with van der Waals surface area (Å²) in [5.41, 5.74) is 10.2. The summed E-state index contributed by atoms with van der Waals surface area (Å²) in [6.45, 7) is 1.42.